The molecule has 2 heterocycles. The van der Waals surface area contributed by atoms with Crippen molar-refractivity contribution >= 4 is 66.8 Å². The van der Waals surface area contributed by atoms with Gasteiger partial charge in [0.2, 0.25) is 0 Å². The lowest BCUT2D eigenvalue weighted by Crippen LogP contribution is -2.29. The molecule has 0 bridgehead atoms. The van der Waals surface area contributed by atoms with Gasteiger partial charge in [-0.3, -0.25) is 4.98 Å². The number of hydrogen-bond acceptors (Lipinski definition) is 4. The van der Waals surface area contributed by atoms with Gasteiger partial charge in [-0.2, -0.15) is 0 Å². The first-order chi connectivity index (χ1) is 40.7. The maximum absolute atomic E-state index is 17.2. The molecule has 2 aromatic heterocycles. The predicted octanol–water partition coefficient (Wildman–Crippen LogP) is 21.6. The number of para-hydroxylation sites is 1. The van der Waals surface area contributed by atoms with Gasteiger partial charge in [-0.15, -0.1) is 0 Å². The molecule has 6 heteroatoms. The van der Waals surface area contributed by atoms with Crippen LogP contribution in [0.3, 0.4) is 0 Å². The Morgan fingerprint density at radius 3 is 1.51 bits per heavy atom. The van der Waals surface area contributed by atoms with E-state index < -0.39 is 5.41 Å². The van der Waals surface area contributed by atoms with Crippen molar-refractivity contribution in [3.63, 3.8) is 0 Å². The van der Waals surface area contributed by atoms with Crippen molar-refractivity contribution in [2.75, 3.05) is 9.80 Å². The van der Waals surface area contributed by atoms with Crippen LogP contribution in [0.15, 0.2) is 266 Å². The molecule has 408 valence electrons. The summed E-state index contributed by atoms with van der Waals surface area (Å²) in [5.74, 6) is -0.654. The zero-order chi connectivity index (χ0) is 57.5. The highest BCUT2D eigenvalue weighted by molar-refractivity contribution is 6.19. The normalized spacial score (nSPS) is 14.0. The van der Waals surface area contributed by atoms with Crippen molar-refractivity contribution in [3.8, 4) is 33.4 Å². The van der Waals surface area contributed by atoms with Crippen molar-refractivity contribution in [2.45, 2.75) is 57.8 Å². The van der Waals surface area contributed by atoms with Crippen LogP contribution in [0.2, 0.25) is 0 Å². The van der Waals surface area contributed by atoms with Crippen molar-refractivity contribution in [3.05, 3.63) is 306 Å². The van der Waals surface area contributed by atoms with Crippen molar-refractivity contribution in [2.24, 2.45) is 0 Å². The summed E-state index contributed by atoms with van der Waals surface area (Å²) in [6, 6.07) is 84.7. The van der Waals surface area contributed by atoms with Crippen LogP contribution in [0.5, 0.6) is 0 Å². The molecule has 0 saturated heterocycles. The van der Waals surface area contributed by atoms with Crippen LogP contribution in [0.1, 0.15) is 74.9 Å². The standard InChI is InChI=1S/C78H61F2N3O/c1-76(2,3)54-28-32-58(33-29-54)82(61-36-39-63(69(79)46-61)51-18-10-7-11-19-51)60-38-41-65-67(45-60)78(56-22-14-9-15-23-56,57-27-26-50-42-43-81-49-53(50)44-57)68-48-71(74-66-24-16-17-25-72(66)84-75(74)73(65)68)83(59-34-30-55(31-35-59)77(4,5)6)62-37-40-64(70(80)47-62)52-20-12-8-13-21-52/h7-49H,1-6H3/t78-/m1/s1. The minimum atomic E-state index is -1.03. The fourth-order valence-electron chi connectivity index (χ4n) is 12.8. The zero-order valence-electron chi connectivity index (χ0n) is 47.8. The Morgan fingerprint density at radius 2 is 0.929 bits per heavy atom. The number of benzene rings is 11. The smallest absolute Gasteiger partial charge is 0.145 e. The van der Waals surface area contributed by atoms with E-state index in [4.69, 9.17) is 4.42 Å². The Labute approximate surface area is 489 Å². The van der Waals surface area contributed by atoms with Gasteiger partial charge in [-0.1, -0.05) is 193 Å². The molecule has 0 unspecified atom stereocenters. The maximum Gasteiger partial charge on any atom is 0.145 e. The molecule has 0 fully saturated rings. The van der Waals surface area contributed by atoms with Crippen LogP contribution in [0, 0.1) is 11.6 Å². The number of fused-ring (bicyclic) bond motifs is 8. The molecule has 0 N–H and O–H groups in total. The van der Waals surface area contributed by atoms with E-state index >= 15 is 8.78 Å². The highest BCUT2D eigenvalue weighted by Gasteiger charge is 2.49. The molecule has 1 aliphatic rings. The SMILES string of the molecule is CC(C)(C)c1ccc(N(c2ccc(-c3ccccc3)c(F)c2)c2ccc3c(c2)[C@@](c2ccccc2)(c2ccc4ccncc4c2)c2cc(N(c4ccc(C(C)(C)C)cc4)c4ccc(-c5ccccc5)c(F)c4)c4c(oc5ccccc54)c2-3)cc1. The molecule has 13 aromatic rings. The minimum absolute atomic E-state index is 0.0944. The fraction of sp³-hybridized carbons (Fsp3) is 0.115. The number of furan rings is 1. The van der Waals surface area contributed by atoms with E-state index in [0.29, 0.717) is 28.1 Å². The number of rotatable bonds is 10. The highest BCUT2D eigenvalue weighted by Crippen LogP contribution is 2.62. The van der Waals surface area contributed by atoms with E-state index in [9.17, 15) is 0 Å². The maximum atomic E-state index is 17.2. The van der Waals surface area contributed by atoms with Gasteiger partial charge >= 0.3 is 0 Å². The highest BCUT2D eigenvalue weighted by atomic mass is 19.1. The summed E-state index contributed by atoms with van der Waals surface area (Å²) >= 11 is 0. The van der Waals surface area contributed by atoms with E-state index in [1.54, 1.807) is 12.1 Å². The molecule has 1 aliphatic carbocycles. The third-order valence-corrected chi connectivity index (χ3v) is 17.1. The largest absolute Gasteiger partial charge is 0.455 e. The van der Waals surface area contributed by atoms with Gasteiger partial charge in [-0.25, -0.2) is 8.78 Å². The molecule has 0 radical (unpaired) electrons. The van der Waals surface area contributed by atoms with E-state index in [1.165, 1.54) is 11.1 Å². The van der Waals surface area contributed by atoms with E-state index in [-0.39, 0.29) is 22.5 Å². The first-order valence-electron chi connectivity index (χ1n) is 28.8. The molecule has 14 rings (SSSR count). The Bertz CT molecular complexity index is 4640. The van der Waals surface area contributed by atoms with Crippen LogP contribution in [-0.4, -0.2) is 4.98 Å². The number of nitrogens with zero attached hydrogens (tertiary/aromatic N) is 3. The average Bonchev–Trinajstić information content (AvgIpc) is 1.65. The third kappa shape index (κ3) is 8.75. The Kier molecular flexibility index (Phi) is 12.6. The summed E-state index contributed by atoms with van der Waals surface area (Å²) in [5, 5.41) is 3.88. The van der Waals surface area contributed by atoms with Gasteiger partial charge in [0.1, 0.15) is 22.8 Å². The van der Waals surface area contributed by atoms with Gasteiger partial charge < -0.3 is 14.2 Å². The quantitative estimate of drug-likeness (QED) is 0.137. The molecule has 0 spiro atoms. The minimum Gasteiger partial charge on any atom is -0.455 e. The summed E-state index contributed by atoms with van der Waals surface area (Å²) in [4.78, 5) is 9.04. The van der Waals surface area contributed by atoms with E-state index in [1.807, 2.05) is 109 Å². The van der Waals surface area contributed by atoms with Crippen molar-refractivity contribution < 1.29 is 13.2 Å². The zero-order valence-corrected chi connectivity index (χ0v) is 47.8. The first kappa shape index (κ1) is 52.2. The third-order valence-electron chi connectivity index (χ3n) is 17.1. The van der Waals surface area contributed by atoms with Crippen LogP contribution in [-0.2, 0) is 16.2 Å². The van der Waals surface area contributed by atoms with E-state index in [2.05, 4.69) is 196 Å². The average molecular weight is 1090 g/mol. The van der Waals surface area contributed by atoms with E-state index in [0.717, 1.165) is 94.4 Å². The second-order valence-corrected chi connectivity index (χ2v) is 24.2. The summed E-state index contributed by atoms with van der Waals surface area (Å²) in [7, 11) is 0. The topological polar surface area (TPSA) is 32.5 Å². The molecule has 84 heavy (non-hydrogen) atoms. The molecule has 1 atom stereocenters. The fourth-order valence-corrected chi connectivity index (χ4v) is 12.8. The molecule has 11 aromatic carbocycles. The molecular formula is C78H61F2N3O. The number of anilines is 6. The van der Waals surface area contributed by atoms with Gasteiger partial charge in [0, 0.05) is 68.3 Å². The lowest BCUT2D eigenvalue weighted by molar-refractivity contribution is 0.590. The first-order valence-corrected chi connectivity index (χ1v) is 28.8. The molecule has 0 saturated carbocycles. The van der Waals surface area contributed by atoms with Gasteiger partial charge in [-0.05, 0) is 163 Å². The van der Waals surface area contributed by atoms with Gasteiger partial charge in [0.15, 0.2) is 0 Å². The number of hydrogen-bond donors (Lipinski definition) is 0. The van der Waals surface area contributed by atoms with Crippen LogP contribution in [0.4, 0.5) is 42.9 Å². The summed E-state index contributed by atoms with van der Waals surface area (Å²) in [6.07, 6.45) is 3.77. The summed E-state index contributed by atoms with van der Waals surface area (Å²) in [6.45, 7) is 13.3. The predicted molar refractivity (Wildman–Crippen MR) is 344 cm³/mol. The van der Waals surface area contributed by atoms with Crippen molar-refractivity contribution in [1.29, 1.82) is 0 Å². The van der Waals surface area contributed by atoms with Crippen LogP contribution >= 0.6 is 0 Å². The molecule has 0 aliphatic heterocycles. The molecular weight excluding hydrogens is 1030 g/mol. The molecule has 0 amide bonds. The molecule has 4 nitrogen and oxygen atoms in total. The van der Waals surface area contributed by atoms with Gasteiger partial charge in [0.05, 0.1) is 16.5 Å². The second-order valence-electron chi connectivity index (χ2n) is 24.2. The summed E-state index contributed by atoms with van der Waals surface area (Å²) in [5.41, 5.74) is 16.0. The number of halogens is 2. The van der Waals surface area contributed by atoms with Crippen molar-refractivity contribution in [1.82, 2.24) is 4.98 Å². The van der Waals surface area contributed by atoms with Crippen LogP contribution in [0.25, 0.3) is 66.1 Å². The number of pyridine rings is 1. The number of aromatic nitrogens is 1. The lowest BCUT2D eigenvalue weighted by atomic mass is 9.67. The lowest BCUT2D eigenvalue weighted by Gasteiger charge is -2.36. The van der Waals surface area contributed by atoms with Crippen LogP contribution < -0.4 is 9.80 Å². The summed E-state index contributed by atoms with van der Waals surface area (Å²) < 4.78 is 41.5. The monoisotopic (exact) mass is 1090 g/mol. The van der Waals surface area contributed by atoms with Gasteiger partial charge in [0.25, 0.3) is 0 Å². The Hall–Kier alpha value is -9.91. The second kappa shape index (κ2) is 20.2. The Balaban J connectivity index is 1.09. The Morgan fingerprint density at radius 1 is 0.417 bits per heavy atom.